The highest BCUT2D eigenvalue weighted by atomic mass is 16.6. The van der Waals surface area contributed by atoms with Gasteiger partial charge in [-0.15, -0.1) is 0 Å². The highest BCUT2D eigenvalue weighted by Crippen LogP contribution is 2.18. The molecule has 0 aromatic rings. The minimum absolute atomic E-state index is 0.0637. The van der Waals surface area contributed by atoms with Crippen molar-refractivity contribution in [1.29, 1.82) is 0 Å². The van der Waals surface area contributed by atoms with E-state index in [2.05, 4.69) is 34.6 Å². The largest absolute Gasteiger partial charge is 0.462 e. The first-order valence-corrected chi connectivity index (χ1v) is 27.2. The fraction of sp³-hybridized carbons (Fsp3) is 0.945. The van der Waals surface area contributed by atoms with Gasteiger partial charge in [-0.3, -0.25) is 14.4 Å². The van der Waals surface area contributed by atoms with Crippen LogP contribution in [-0.4, -0.2) is 37.2 Å². The van der Waals surface area contributed by atoms with Crippen molar-refractivity contribution < 1.29 is 28.6 Å². The molecular weight excluding hydrogens is 757 g/mol. The SMILES string of the molecule is CCCCCCCCCCCCCCCCCC(=O)O[C@@H](COC(=O)CCCCCCCCCCCCCCCCCC(C)C)COC(=O)CCCCCCCCCC(C)C. The van der Waals surface area contributed by atoms with Crippen molar-refractivity contribution in [3.05, 3.63) is 0 Å². The molecule has 0 bridgehead atoms. The summed E-state index contributed by atoms with van der Waals surface area (Å²) in [7, 11) is 0. The van der Waals surface area contributed by atoms with E-state index in [1.165, 1.54) is 193 Å². The molecule has 0 amide bonds. The van der Waals surface area contributed by atoms with Crippen molar-refractivity contribution in [2.24, 2.45) is 11.8 Å². The molecule has 0 aromatic carbocycles. The highest BCUT2D eigenvalue weighted by Gasteiger charge is 2.19. The molecule has 6 nitrogen and oxygen atoms in total. The third-order valence-electron chi connectivity index (χ3n) is 12.5. The zero-order valence-corrected chi connectivity index (χ0v) is 41.8. The summed E-state index contributed by atoms with van der Waals surface area (Å²) in [6.45, 7) is 11.4. The Morgan fingerprint density at radius 2 is 0.541 bits per heavy atom. The molecule has 0 saturated heterocycles. The number of unbranched alkanes of at least 4 members (excludes halogenated alkanes) is 34. The third kappa shape index (κ3) is 49.3. The smallest absolute Gasteiger partial charge is 0.306 e. The quantitative estimate of drug-likeness (QED) is 0.0344. The molecule has 6 heteroatoms. The van der Waals surface area contributed by atoms with E-state index in [9.17, 15) is 14.4 Å². The lowest BCUT2D eigenvalue weighted by atomic mass is 10.0. The molecule has 0 aliphatic carbocycles. The van der Waals surface area contributed by atoms with E-state index in [4.69, 9.17) is 14.2 Å². The van der Waals surface area contributed by atoms with E-state index in [-0.39, 0.29) is 31.1 Å². The molecule has 0 unspecified atom stereocenters. The molecule has 0 spiro atoms. The van der Waals surface area contributed by atoms with Crippen molar-refractivity contribution in [1.82, 2.24) is 0 Å². The van der Waals surface area contributed by atoms with Crippen LogP contribution < -0.4 is 0 Å². The standard InChI is InChI=1S/C55H106O6/c1-6-7-8-9-10-11-12-13-15-20-23-26-31-37-42-47-55(58)61-52(49-60-54(57)46-41-36-32-27-29-34-39-44-51(4)5)48-59-53(56)45-40-35-30-25-22-19-17-14-16-18-21-24-28-33-38-43-50(2)3/h50-52H,6-49H2,1-5H3/t52-/m0/s1. The Morgan fingerprint density at radius 3 is 0.803 bits per heavy atom. The second kappa shape index (κ2) is 47.9. The molecule has 1 atom stereocenters. The van der Waals surface area contributed by atoms with E-state index in [1.807, 2.05) is 0 Å². The summed E-state index contributed by atoms with van der Waals surface area (Å²) in [6, 6.07) is 0. The number of rotatable bonds is 49. The van der Waals surface area contributed by atoms with Crippen LogP contribution in [0.15, 0.2) is 0 Å². The summed E-state index contributed by atoms with van der Waals surface area (Å²) < 4.78 is 16.8. The van der Waals surface area contributed by atoms with Gasteiger partial charge in [-0.2, -0.15) is 0 Å². The summed E-state index contributed by atoms with van der Waals surface area (Å²) in [6.07, 6.45) is 49.6. The molecule has 0 aliphatic rings. The fourth-order valence-electron chi connectivity index (χ4n) is 8.34. The van der Waals surface area contributed by atoms with Crippen LogP contribution in [-0.2, 0) is 28.6 Å². The fourth-order valence-corrected chi connectivity index (χ4v) is 8.34. The van der Waals surface area contributed by atoms with Crippen LogP contribution >= 0.6 is 0 Å². The van der Waals surface area contributed by atoms with Gasteiger partial charge in [0.2, 0.25) is 0 Å². The minimum Gasteiger partial charge on any atom is -0.462 e. The van der Waals surface area contributed by atoms with Gasteiger partial charge >= 0.3 is 17.9 Å². The monoisotopic (exact) mass is 863 g/mol. The Morgan fingerprint density at radius 1 is 0.311 bits per heavy atom. The first kappa shape index (κ1) is 59.4. The Bertz CT molecular complexity index is 931. The Kier molecular flexibility index (Phi) is 46.6. The van der Waals surface area contributed by atoms with Crippen LogP contribution in [0.3, 0.4) is 0 Å². The molecule has 0 rings (SSSR count). The van der Waals surface area contributed by atoms with Gasteiger partial charge in [0.25, 0.3) is 0 Å². The topological polar surface area (TPSA) is 78.9 Å². The van der Waals surface area contributed by atoms with Gasteiger partial charge in [0.15, 0.2) is 6.10 Å². The van der Waals surface area contributed by atoms with Crippen LogP contribution in [0.2, 0.25) is 0 Å². The van der Waals surface area contributed by atoms with Crippen LogP contribution in [0.4, 0.5) is 0 Å². The van der Waals surface area contributed by atoms with E-state index < -0.39 is 6.10 Å². The van der Waals surface area contributed by atoms with Crippen molar-refractivity contribution in [3.8, 4) is 0 Å². The summed E-state index contributed by atoms with van der Waals surface area (Å²) in [5.41, 5.74) is 0. The first-order chi connectivity index (χ1) is 29.7. The van der Waals surface area contributed by atoms with Crippen molar-refractivity contribution in [2.75, 3.05) is 13.2 Å². The molecule has 61 heavy (non-hydrogen) atoms. The van der Waals surface area contributed by atoms with Crippen molar-refractivity contribution >= 4 is 17.9 Å². The van der Waals surface area contributed by atoms with Gasteiger partial charge in [0.05, 0.1) is 0 Å². The molecule has 0 aliphatic heterocycles. The lowest BCUT2D eigenvalue weighted by Crippen LogP contribution is -2.30. The second-order valence-corrected chi connectivity index (χ2v) is 19.8. The normalized spacial score (nSPS) is 12.0. The molecule has 0 heterocycles. The van der Waals surface area contributed by atoms with E-state index in [1.54, 1.807) is 0 Å². The van der Waals surface area contributed by atoms with E-state index >= 15 is 0 Å². The maximum absolute atomic E-state index is 12.8. The molecule has 0 N–H and O–H groups in total. The lowest BCUT2D eigenvalue weighted by molar-refractivity contribution is -0.167. The molecule has 362 valence electrons. The zero-order chi connectivity index (χ0) is 44.7. The second-order valence-electron chi connectivity index (χ2n) is 19.8. The Hall–Kier alpha value is -1.59. The van der Waals surface area contributed by atoms with E-state index in [0.29, 0.717) is 19.3 Å². The number of esters is 3. The predicted octanol–water partition coefficient (Wildman–Crippen LogP) is 17.7. The summed E-state index contributed by atoms with van der Waals surface area (Å²) in [5.74, 6) is 0.784. The van der Waals surface area contributed by atoms with E-state index in [0.717, 1.165) is 69.6 Å². The molecule has 0 saturated carbocycles. The lowest BCUT2D eigenvalue weighted by Gasteiger charge is -2.18. The number of ether oxygens (including phenoxy) is 3. The predicted molar refractivity (Wildman–Crippen MR) is 261 cm³/mol. The van der Waals surface area contributed by atoms with Crippen LogP contribution in [0.5, 0.6) is 0 Å². The van der Waals surface area contributed by atoms with Gasteiger partial charge in [-0.1, -0.05) is 266 Å². The number of carbonyl (C=O) groups excluding carboxylic acids is 3. The highest BCUT2D eigenvalue weighted by molar-refractivity contribution is 5.71. The average Bonchev–Trinajstić information content (AvgIpc) is 3.23. The number of hydrogen-bond donors (Lipinski definition) is 0. The Balaban J connectivity index is 4.25. The Labute approximate surface area is 380 Å². The minimum atomic E-state index is -0.762. The van der Waals surface area contributed by atoms with Gasteiger partial charge in [0, 0.05) is 19.3 Å². The molecular formula is C55H106O6. The van der Waals surface area contributed by atoms with Crippen LogP contribution in [0.1, 0.15) is 304 Å². The van der Waals surface area contributed by atoms with Crippen LogP contribution in [0.25, 0.3) is 0 Å². The summed E-state index contributed by atoms with van der Waals surface area (Å²) >= 11 is 0. The van der Waals surface area contributed by atoms with Crippen molar-refractivity contribution in [2.45, 2.75) is 310 Å². The maximum atomic E-state index is 12.8. The zero-order valence-electron chi connectivity index (χ0n) is 41.8. The van der Waals surface area contributed by atoms with Crippen molar-refractivity contribution in [3.63, 3.8) is 0 Å². The maximum Gasteiger partial charge on any atom is 0.306 e. The third-order valence-corrected chi connectivity index (χ3v) is 12.5. The van der Waals surface area contributed by atoms with Gasteiger partial charge in [0.1, 0.15) is 13.2 Å². The van der Waals surface area contributed by atoms with Gasteiger partial charge < -0.3 is 14.2 Å². The van der Waals surface area contributed by atoms with Crippen LogP contribution in [0, 0.1) is 11.8 Å². The average molecular weight is 863 g/mol. The summed E-state index contributed by atoms with van der Waals surface area (Å²) in [5, 5.41) is 0. The molecule has 0 aromatic heterocycles. The van der Waals surface area contributed by atoms with Gasteiger partial charge in [-0.25, -0.2) is 0 Å². The first-order valence-electron chi connectivity index (χ1n) is 27.2. The number of hydrogen-bond acceptors (Lipinski definition) is 6. The molecule has 0 radical (unpaired) electrons. The summed E-state index contributed by atoms with van der Waals surface area (Å²) in [4.78, 5) is 38.0. The van der Waals surface area contributed by atoms with Gasteiger partial charge in [-0.05, 0) is 31.1 Å². The number of carbonyl (C=O) groups is 3. The molecule has 0 fully saturated rings.